The highest BCUT2D eigenvalue weighted by Crippen LogP contribution is 2.27. The number of hydrogen-bond acceptors (Lipinski definition) is 7. The third kappa shape index (κ3) is 4.94. The Hall–Kier alpha value is -3.95. The maximum Gasteiger partial charge on any atom is 0.414 e. The Morgan fingerprint density at radius 1 is 1.24 bits per heavy atom. The first-order valence-electron chi connectivity index (χ1n) is 10.5. The number of carbonyl (C=O) groups excluding carboxylic acids is 3. The number of aromatic nitrogens is 2. The number of anilines is 2. The Morgan fingerprint density at radius 3 is 2.73 bits per heavy atom. The molecular formula is C23H25N5O5. The molecule has 10 nitrogen and oxygen atoms in total. The highest BCUT2D eigenvalue weighted by Gasteiger charge is 2.26. The van der Waals surface area contributed by atoms with Crippen molar-refractivity contribution in [2.24, 2.45) is 0 Å². The monoisotopic (exact) mass is 451 g/mol. The van der Waals surface area contributed by atoms with Crippen molar-refractivity contribution in [3.63, 3.8) is 0 Å². The summed E-state index contributed by atoms with van der Waals surface area (Å²) in [6, 6.07) is 8.57. The largest absolute Gasteiger partial charge is 0.444 e. The minimum Gasteiger partial charge on any atom is -0.444 e. The van der Waals surface area contributed by atoms with E-state index in [2.05, 4.69) is 20.8 Å². The van der Waals surface area contributed by atoms with E-state index in [0.29, 0.717) is 23.4 Å². The molecule has 0 bridgehead atoms. The van der Waals surface area contributed by atoms with Crippen molar-refractivity contribution < 1.29 is 23.6 Å². The van der Waals surface area contributed by atoms with Gasteiger partial charge in [-0.1, -0.05) is 38.1 Å². The Bertz CT molecular complexity index is 1240. The van der Waals surface area contributed by atoms with Gasteiger partial charge in [0, 0.05) is 29.8 Å². The molecule has 0 radical (unpaired) electrons. The molecule has 33 heavy (non-hydrogen) atoms. The summed E-state index contributed by atoms with van der Waals surface area (Å²) in [6.45, 7) is 8.14. The molecule has 172 valence electrons. The SMILES string of the molecule is Cc1nc2cc(COC(=O)Nc3cc(C(C)(C)C)no3)ccc2cc1N1CCC(=O)NC1=O. The summed E-state index contributed by atoms with van der Waals surface area (Å²) < 4.78 is 10.4. The lowest BCUT2D eigenvalue weighted by Crippen LogP contribution is -2.49. The summed E-state index contributed by atoms with van der Waals surface area (Å²) in [4.78, 5) is 41.8. The van der Waals surface area contributed by atoms with E-state index >= 15 is 0 Å². The molecule has 0 saturated carbocycles. The Kier molecular flexibility index (Phi) is 5.75. The van der Waals surface area contributed by atoms with Gasteiger partial charge >= 0.3 is 12.1 Å². The van der Waals surface area contributed by atoms with E-state index < -0.39 is 12.1 Å². The van der Waals surface area contributed by atoms with Crippen LogP contribution in [-0.4, -0.2) is 34.7 Å². The van der Waals surface area contributed by atoms with Gasteiger partial charge in [-0.05, 0) is 24.6 Å². The molecule has 1 aliphatic heterocycles. The maximum atomic E-state index is 12.2. The Labute approximate surface area is 190 Å². The average Bonchev–Trinajstić information content (AvgIpc) is 3.21. The third-order valence-electron chi connectivity index (χ3n) is 5.26. The lowest BCUT2D eigenvalue weighted by molar-refractivity contribution is -0.120. The molecule has 0 aliphatic carbocycles. The van der Waals surface area contributed by atoms with Crippen molar-refractivity contribution >= 4 is 40.5 Å². The highest BCUT2D eigenvalue weighted by atomic mass is 16.6. The van der Waals surface area contributed by atoms with Gasteiger partial charge in [0.1, 0.15) is 6.61 Å². The molecule has 1 fully saturated rings. The Balaban J connectivity index is 1.43. The molecule has 2 aromatic heterocycles. The van der Waals surface area contributed by atoms with Crippen LogP contribution in [-0.2, 0) is 21.6 Å². The first-order valence-corrected chi connectivity index (χ1v) is 10.5. The number of nitrogens with one attached hydrogen (secondary N) is 2. The predicted molar refractivity (Wildman–Crippen MR) is 121 cm³/mol. The number of aryl methyl sites for hydroxylation is 1. The first-order chi connectivity index (χ1) is 15.6. The van der Waals surface area contributed by atoms with Crippen LogP contribution in [0.4, 0.5) is 21.2 Å². The number of imide groups is 1. The van der Waals surface area contributed by atoms with Gasteiger partial charge in [0.15, 0.2) is 0 Å². The van der Waals surface area contributed by atoms with E-state index in [1.54, 1.807) is 13.0 Å². The fourth-order valence-electron chi connectivity index (χ4n) is 3.43. The summed E-state index contributed by atoms with van der Waals surface area (Å²) in [6.07, 6.45) is -0.412. The molecule has 4 rings (SSSR count). The molecule has 3 heterocycles. The van der Waals surface area contributed by atoms with Crippen molar-refractivity contribution in [3.05, 3.63) is 47.3 Å². The van der Waals surface area contributed by atoms with Crippen LogP contribution in [0.2, 0.25) is 0 Å². The Morgan fingerprint density at radius 2 is 2.03 bits per heavy atom. The number of urea groups is 1. The molecule has 3 aromatic rings. The lowest BCUT2D eigenvalue weighted by atomic mass is 9.92. The van der Waals surface area contributed by atoms with Crippen molar-refractivity contribution in [1.82, 2.24) is 15.5 Å². The second-order valence-electron chi connectivity index (χ2n) is 8.90. The number of fused-ring (bicyclic) bond motifs is 1. The van der Waals surface area contributed by atoms with Crippen LogP contribution in [0.5, 0.6) is 0 Å². The second-order valence-corrected chi connectivity index (χ2v) is 8.90. The fourth-order valence-corrected chi connectivity index (χ4v) is 3.43. The summed E-state index contributed by atoms with van der Waals surface area (Å²) >= 11 is 0. The zero-order valence-corrected chi connectivity index (χ0v) is 18.9. The van der Waals surface area contributed by atoms with Crippen LogP contribution >= 0.6 is 0 Å². The lowest BCUT2D eigenvalue weighted by Gasteiger charge is -2.27. The summed E-state index contributed by atoms with van der Waals surface area (Å²) in [5, 5.41) is 9.63. The molecule has 1 saturated heterocycles. The van der Waals surface area contributed by atoms with Gasteiger partial charge in [-0.25, -0.2) is 9.59 Å². The number of ether oxygens (including phenoxy) is 1. The topological polar surface area (TPSA) is 127 Å². The van der Waals surface area contributed by atoms with Gasteiger partial charge in [-0.2, -0.15) is 0 Å². The molecule has 0 spiro atoms. The molecule has 1 aromatic carbocycles. The number of rotatable bonds is 4. The average molecular weight is 451 g/mol. The van der Waals surface area contributed by atoms with Crippen LogP contribution < -0.4 is 15.5 Å². The third-order valence-corrected chi connectivity index (χ3v) is 5.26. The van der Waals surface area contributed by atoms with Gasteiger partial charge in [0.05, 0.1) is 22.6 Å². The predicted octanol–water partition coefficient (Wildman–Crippen LogP) is 4.02. The van der Waals surface area contributed by atoms with Gasteiger partial charge < -0.3 is 9.26 Å². The molecule has 0 unspecified atom stereocenters. The minimum absolute atomic E-state index is 0.0428. The standard InChI is InChI=1S/C23H25N5O5/c1-13-17(28-8-7-19(29)25-21(28)30)10-15-6-5-14(9-16(15)24-13)12-32-22(31)26-20-11-18(27-33-20)23(2,3)4/h5-6,9-11H,7-8,12H2,1-4H3,(H,26,31)(H,25,29,30). The van der Waals surface area contributed by atoms with E-state index in [4.69, 9.17) is 9.26 Å². The van der Waals surface area contributed by atoms with Crippen LogP contribution in [0.3, 0.4) is 0 Å². The van der Waals surface area contributed by atoms with Gasteiger partial charge in [0.2, 0.25) is 11.8 Å². The summed E-state index contributed by atoms with van der Waals surface area (Å²) in [7, 11) is 0. The quantitative estimate of drug-likeness (QED) is 0.613. The zero-order valence-electron chi connectivity index (χ0n) is 18.9. The smallest absolute Gasteiger partial charge is 0.414 e. The molecule has 0 atom stereocenters. The van der Waals surface area contributed by atoms with Gasteiger partial charge in [0.25, 0.3) is 0 Å². The van der Waals surface area contributed by atoms with Crippen molar-refractivity contribution in [3.8, 4) is 0 Å². The van der Waals surface area contributed by atoms with Crippen molar-refractivity contribution in [2.45, 2.75) is 46.1 Å². The van der Waals surface area contributed by atoms with E-state index in [9.17, 15) is 14.4 Å². The zero-order chi connectivity index (χ0) is 23.8. The number of pyridine rings is 1. The fraction of sp³-hybridized carbons (Fsp3) is 0.348. The number of hydrogen-bond donors (Lipinski definition) is 2. The molecule has 4 amide bonds. The maximum absolute atomic E-state index is 12.2. The summed E-state index contributed by atoms with van der Waals surface area (Å²) in [5.74, 6) is -0.0639. The second kappa shape index (κ2) is 8.53. The highest BCUT2D eigenvalue weighted by molar-refractivity contribution is 6.06. The van der Waals surface area contributed by atoms with Gasteiger partial charge in [-0.3, -0.25) is 25.3 Å². The minimum atomic E-state index is -0.656. The number of benzene rings is 1. The van der Waals surface area contributed by atoms with Gasteiger partial charge in [-0.15, -0.1) is 0 Å². The first kappa shape index (κ1) is 22.3. The van der Waals surface area contributed by atoms with E-state index in [1.807, 2.05) is 45.0 Å². The van der Waals surface area contributed by atoms with Crippen LogP contribution in [0, 0.1) is 6.92 Å². The number of nitrogens with zero attached hydrogens (tertiary/aromatic N) is 3. The van der Waals surface area contributed by atoms with Crippen molar-refractivity contribution in [2.75, 3.05) is 16.8 Å². The van der Waals surface area contributed by atoms with E-state index in [-0.39, 0.29) is 30.2 Å². The van der Waals surface area contributed by atoms with E-state index in [1.165, 1.54) is 4.90 Å². The molecule has 1 aliphatic rings. The number of carbonyl (C=O) groups is 3. The molecule has 2 N–H and O–H groups in total. The van der Waals surface area contributed by atoms with E-state index in [0.717, 1.165) is 16.6 Å². The van der Waals surface area contributed by atoms with Crippen molar-refractivity contribution in [1.29, 1.82) is 0 Å². The number of amides is 4. The normalized spacial score (nSPS) is 14.4. The molecule has 10 heteroatoms. The summed E-state index contributed by atoms with van der Waals surface area (Å²) in [5.41, 5.74) is 3.29. The van der Waals surface area contributed by atoms with Crippen LogP contribution in [0.25, 0.3) is 10.9 Å². The van der Waals surface area contributed by atoms with Crippen LogP contribution in [0.15, 0.2) is 34.9 Å². The molecular weight excluding hydrogens is 426 g/mol. The van der Waals surface area contributed by atoms with Crippen LogP contribution in [0.1, 0.15) is 44.1 Å².